The summed E-state index contributed by atoms with van der Waals surface area (Å²) in [6, 6.07) is 8.06. The molecule has 1 fully saturated rings. The summed E-state index contributed by atoms with van der Waals surface area (Å²) >= 11 is 0. The minimum Gasteiger partial charge on any atom is -0.478 e. The Kier molecular flexibility index (Phi) is 4.15. The summed E-state index contributed by atoms with van der Waals surface area (Å²) in [5.74, 6) is -0.117. The maximum atomic E-state index is 10.5. The molecular weight excluding hydrogens is 226 g/mol. The zero-order valence-corrected chi connectivity index (χ0v) is 10.7. The first kappa shape index (κ1) is 12.8. The lowest BCUT2D eigenvalue weighted by Gasteiger charge is -2.15. The fourth-order valence-corrected chi connectivity index (χ4v) is 2.39. The number of likely N-dealkylation sites (tertiary alicyclic amines) is 1. The van der Waals surface area contributed by atoms with E-state index in [2.05, 4.69) is 24.0 Å². The molecule has 0 saturated carbocycles. The predicted molar refractivity (Wildman–Crippen MR) is 72.2 cm³/mol. The molecule has 2 rings (SSSR count). The zero-order valence-electron chi connectivity index (χ0n) is 10.7. The number of nitrogens with zero attached hydrogens (tertiary/aromatic N) is 1. The van der Waals surface area contributed by atoms with E-state index in [4.69, 9.17) is 5.11 Å². The highest BCUT2D eigenvalue weighted by Crippen LogP contribution is 2.18. The van der Waals surface area contributed by atoms with E-state index in [1.807, 2.05) is 12.1 Å². The quantitative estimate of drug-likeness (QED) is 0.829. The van der Waals surface area contributed by atoms with Crippen LogP contribution in [0.25, 0.3) is 6.08 Å². The van der Waals surface area contributed by atoms with Crippen LogP contribution >= 0.6 is 0 Å². The standard InChI is InChI=1S/C15H19NO2/c1-12-7-8-16(10-12)11-14-4-2-3-13(9-14)5-6-15(17)18/h2-6,9,12H,7-8,10-11H2,1H3,(H,17,18)/b6-5+. The summed E-state index contributed by atoms with van der Waals surface area (Å²) in [7, 11) is 0. The van der Waals surface area contributed by atoms with E-state index in [1.54, 1.807) is 6.08 Å². The van der Waals surface area contributed by atoms with Gasteiger partial charge in [-0.1, -0.05) is 31.2 Å². The van der Waals surface area contributed by atoms with E-state index in [9.17, 15) is 4.79 Å². The average molecular weight is 245 g/mol. The van der Waals surface area contributed by atoms with Crippen LogP contribution in [-0.4, -0.2) is 29.1 Å². The number of carboxylic acid groups (broad SMARTS) is 1. The van der Waals surface area contributed by atoms with Crippen molar-refractivity contribution in [2.24, 2.45) is 5.92 Å². The first-order chi connectivity index (χ1) is 8.63. The summed E-state index contributed by atoms with van der Waals surface area (Å²) in [6.07, 6.45) is 4.09. The molecule has 0 aromatic heterocycles. The predicted octanol–water partition coefficient (Wildman–Crippen LogP) is 2.63. The van der Waals surface area contributed by atoms with Crippen molar-refractivity contribution in [3.63, 3.8) is 0 Å². The van der Waals surface area contributed by atoms with E-state index in [0.717, 1.165) is 31.1 Å². The van der Waals surface area contributed by atoms with Crippen molar-refractivity contribution in [3.8, 4) is 0 Å². The number of carbonyl (C=O) groups is 1. The molecule has 1 aliphatic heterocycles. The molecule has 3 heteroatoms. The fraction of sp³-hybridized carbons (Fsp3) is 0.400. The maximum absolute atomic E-state index is 10.5. The average Bonchev–Trinajstić information content (AvgIpc) is 2.73. The largest absolute Gasteiger partial charge is 0.478 e. The fourth-order valence-electron chi connectivity index (χ4n) is 2.39. The van der Waals surface area contributed by atoms with Crippen molar-refractivity contribution in [2.75, 3.05) is 13.1 Å². The Morgan fingerprint density at radius 1 is 1.56 bits per heavy atom. The first-order valence-corrected chi connectivity index (χ1v) is 6.36. The minimum atomic E-state index is -0.909. The van der Waals surface area contributed by atoms with Gasteiger partial charge in [-0.25, -0.2) is 4.79 Å². The van der Waals surface area contributed by atoms with Crippen LogP contribution in [0.2, 0.25) is 0 Å². The van der Waals surface area contributed by atoms with Crippen LogP contribution in [0.15, 0.2) is 30.3 Å². The molecule has 0 aliphatic carbocycles. The van der Waals surface area contributed by atoms with Gasteiger partial charge in [0.1, 0.15) is 0 Å². The Morgan fingerprint density at radius 3 is 3.06 bits per heavy atom. The Bertz CT molecular complexity index is 454. The molecule has 0 spiro atoms. The lowest BCUT2D eigenvalue weighted by Crippen LogP contribution is -2.19. The molecule has 1 aliphatic rings. The second kappa shape index (κ2) is 5.83. The van der Waals surface area contributed by atoms with E-state index in [1.165, 1.54) is 18.1 Å². The third-order valence-electron chi connectivity index (χ3n) is 3.28. The van der Waals surface area contributed by atoms with Crippen molar-refractivity contribution in [1.29, 1.82) is 0 Å². The molecule has 3 nitrogen and oxygen atoms in total. The van der Waals surface area contributed by atoms with E-state index in [0.29, 0.717) is 0 Å². The highest BCUT2D eigenvalue weighted by atomic mass is 16.4. The molecular formula is C15H19NO2. The maximum Gasteiger partial charge on any atom is 0.328 e. The van der Waals surface area contributed by atoms with Gasteiger partial charge in [-0.3, -0.25) is 4.90 Å². The molecule has 96 valence electrons. The Labute approximate surface area is 108 Å². The van der Waals surface area contributed by atoms with Crippen molar-refractivity contribution >= 4 is 12.0 Å². The lowest BCUT2D eigenvalue weighted by atomic mass is 10.1. The number of aliphatic carboxylic acids is 1. The van der Waals surface area contributed by atoms with Crippen molar-refractivity contribution in [2.45, 2.75) is 19.9 Å². The van der Waals surface area contributed by atoms with E-state index >= 15 is 0 Å². The zero-order chi connectivity index (χ0) is 13.0. The first-order valence-electron chi connectivity index (χ1n) is 6.36. The summed E-state index contributed by atoms with van der Waals surface area (Å²) in [5.41, 5.74) is 2.19. The van der Waals surface area contributed by atoms with Gasteiger partial charge in [-0.05, 0) is 36.1 Å². The minimum absolute atomic E-state index is 0.792. The molecule has 1 heterocycles. The molecule has 0 radical (unpaired) electrons. The van der Waals surface area contributed by atoms with Crippen molar-refractivity contribution < 1.29 is 9.90 Å². The van der Waals surface area contributed by atoms with Crippen molar-refractivity contribution in [1.82, 2.24) is 4.90 Å². The van der Waals surface area contributed by atoms with E-state index in [-0.39, 0.29) is 0 Å². The Balaban J connectivity index is 2.01. The van der Waals surface area contributed by atoms with E-state index < -0.39 is 5.97 Å². The molecule has 1 N–H and O–H groups in total. The van der Waals surface area contributed by atoms with Gasteiger partial charge in [-0.15, -0.1) is 0 Å². The number of carboxylic acids is 1. The van der Waals surface area contributed by atoms with Crippen LogP contribution in [-0.2, 0) is 11.3 Å². The second-order valence-corrected chi connectivity index (χ2v) is 5.05. The van der Waals surface area contributed by atoms with Gasteiger partial charge < -0.3 is 5.11 Å². The monoisotopic (exact) mass is 245 g/mol. The van der Waals surface area contributed by atoms with Gasteiger partial charge in [0.2, 0.25) is 0 Å². The number of benzene rings is 1. The lowest BCUT2D eigenvalue weighted by molar-refractivity contribution is -0.131. The van der Waals surface area contributed by atoms with Gasteiger partial charge in [0.05, 0.1) is 0 Å². The molecule has 0 bridgehead atoms. The third kappa shape index (κ3) is 3.70. The van der Waals surface area contributed by atoms with Crippen LogP contribution in [0, 0.1) is 5.92 Å². The molecule has 1 saturated heterocycles. The smallest absolute Gasteiger partial charge is 0.328 e. The molecule has 18 heavy (non-hydrogen) atoms. The Morgan fingerprint density at radius 2 is 2.39 bits per heavy atom. The van der Waals surface area contributed by atoms with Gasteiger partial charge in [-0.2, -0.15) is 0 Å². The summed E-state index contributed by atoms with van der Waals surface area (Å²) in [5, 5.41) is 8.61. The van der Waals surface area contributed by atoms with Crippen LogP contribution in [0.3, 0.4) is 0 Å². The molecule has 1 atom stereocenters. The van der Waals surface area contributed by atoms with Crippen LogP contribution in [0.4, 0.5) is 0 Å². The van der Waals surface area contributed by atoms with Crippen LogP contribution in [0.5, 0.6) is 0 Å². The number of hydrogen-bond donors (Lipinski definition) is 1. The Hall–Kier alpha value is -1.61. The SMILES string of the molecule is CC1CCN(Cc2cccc(/C=C/C(=O)O)c2)C1. The molecule has 0 amide bonds. The normalized spacial score (nSPS) is 20.6. The van der Waals surface area contributed by atoms with Gasteiger partial charge >= 0.3 is 5.97 Å². The number of rotatable bonds is 4. The highest BCUT2D eigenvalue weighted by Gasteiger charge is 2.18. The van der Waals surface area contributed by atoms with Crippen LogP contribution in [0.1, 0.15) is 24.5 Å². The molecule has 1 aromatic carbocycles. The summed E-state index contributed by atoms with van der Waals surface area (Å²) in [6.45, 7) is 5.57. The molecule has 1 unspecified atom stereocenters. The van der Waals surface area contributed by atoms with Gasteiger partial charge in [0.25, 0.3) is 0 Å². The second-order valence-electron chi connectivity index (χ2n) is 5.05. The summed E-state index contributed by atoms with van der Waals surface area (Å²) < 4.78 is 0. The third-order valence-corrected chi connectivity index (χ3v) is 3.28. The van der Waals surface area contributed by atoms with Crippen molar-refractivity contribution in [3.05, 3.63) is 41.5 Å². The van der Waals surface area contributed by atoms with Gasteiger partial charge in [0, 0.05) is 19.2 Å². The molecule has 1 aromatic rings. The highest BCUT2D eigenvalue weighted by molar-refractivity contribution is 5.85. The topological polar surface area (TPSA) is 40.5 Å². The number of hydrogen-bond acceptors (Lipinski definition) is 2. The van der Waals surface area contributed by atoms with Gasteiger partial charge in [0.15, 0.2) is 0 Å². The van der Waals surface area contributed by atoms with Crippen LogP contribution < -0.4 is 0 Å². The summed E-state index contributed by atoms with van der Waals surface area (Å²) in [4.78, 5) is 12.9.